The van der Waals surface area contributed by atoms with Crippen molar-refractivity contribution in [1.82, 2.24) is 0 Å². The Morgan fingerprint density at radius 1 is 0.869 bits per heavy atom. The van der Waals surface area contributed by atoms with E-state index in [4.69, 9.17) is 0 Å². The Labute approximate surface area is 367 Å². The molecule has 0 radical (unpaired) electrons. The van der Waals surface area contributed by atoms with Crippen LogP contribution < -0.4 is 4.90 Å². The van der Waals surface area contributed by atoms with Crippen LogP contribution in [0.15, 0.2) is 129 Å². The largest absolute Gasteiger partial charge is 0.481 e. The Bertz CT molecular complexity index is 2740. The number of thioether (sulfide) groups is 1. The topological polar surface area (TPSA) is 152 Å². The van der Waals surface area contributed by atoms with Crippen LogP contribution >= 0.6 is 23.1 Å². The van der Waals surface area contributed by atoms with E-state index in [1.165, 1.54) is 56.5 Å². The van der Waals surface area contributed by atoms with Gasteiger partial charge >= 0.3 is 5.97 Å². The molecule has 4 aromatic rings. The van der Waals surface area contributed by atoms with Gasteiger partial charge in [-0.2, -0.15) is 21.4 Å². The van der Waals surface area contributed by atoms with E-state index in [1.807, 2.05) is 18.2 Å². The summed E-state index contributed by atoms with van der Waals surface area (Å²) in [6.45, 7) is 9.78. The average Bonchev–Trinajstić information content (AvgIpc) is 3.75. The van der Waals surface area contributed by atoms with Gasteiger partial charge in [-0.15, -0.1) is 0 Å². The van der Waals surface area contributed by atoms with E-state index in [9.17, 15) is 35.8 Å². The molecular weight excluding hydrogens is 849 g/mol. The van der Waals surface area contributed by atoms with Crippen molar-refractivity contribution in [2.75, 3.05) is 23.7 Å². The number of allylic oxidation sites excluding steroid dienone is 7. The van der Waals surface area contributed by atoms with Gasteiger partial charge in [-0.05, 0) is 105 Å². The molecule has 0 amide bonds. The molecule has 0 fully saturated rings. The summed E-state index contributed by atoms with van der Waals surface area (Å²) in [6.07, 6.45) is 14.2. The lowest BCUT2D eigenvalue weighted by Gasteiger charge is -2.27. The number of unbranched alkanes of at least 4 members (excludes halogenated alkanes) is 2. The second kappa shape index (κ2) is 17.8. The van der Waals surface area contributed by atoms with Gasteiger partial charge in [0.15, 0.2) is 12.3 Å². The minimum absolute atomic E-state index is 0.175. The van der Waals surface area contributed by atoms with Crippen LogP contribution in [0.25, 0.3) is 10.1 Å². The molecule has 3 N–H and O–H groups in total. The average molecular weight is 902 g/mol. The number of rotatable bonds is 16. The van der Waals surface area contributed by atoms with Crippen molar-refractivity contribution in [3.8, 4) is 0 Å². The van der Waals surface area contributed by atoms with Crippen molar-refractivity contribution in [1.29, 1.82) is 0 Å². The molecule has 0 atom stereocenters. The fourth-order valence-electron chi connectivity index (χ4n) is 8.94. The Hall–Kier alpha value is -4.31. The van der Waals surface area contributed by atoms with Gasteiger partial charge in [0, 0.05) is 62.1 Å². The molecule has 0 bridgehead atoms. The van der Waals surface area contributed by atoms with E-state index in [2.05, 4.69) is 97.9 Å². The zero-order chi connectivity index (χ0) is 43.7. The van der Waals surface area contributed by atoms with Crippen molar-refractivity contribution < 1.29 is 40.4 Å². The molecular formula is C47H53N2O8S4+. The van der Waals surface area contributed by atoms with Gasteiger partial charge in [0.25, 0.3) is 25.2 Å². The number of para-hydroxylation sites is 1. The maximum Gasteiger partial charge on any atom is 0.303 e. The molecule has 61 heavy (non-hydrogen) atoms. The molecule has 0 spiro atoms. The molecule has 322 valence electrons. The maximum absolute atomic E-state index is 12.2. The highest BCUT2D eigenvalue weighted by atomic mass is 32.2. The van der Waals surface area contributed by atoms with Crippen LogP contribution in [0.5, 0.6) is 0 Å². The molecule has 1 aromatic heterocycles. The highest BCUT2D eigenvalue weighted by Crippen LogP contribution is 2.51. The lowest BCUT2D eigenvalue weighted by atomic mass is 9.80. The summed E-state index contributed by atoms with van der Waals surface area (Å²) >= 11 is 3.23. The van der Waals surface area contributed by atoms with Gasteiger partial charge in [0.2, 0.25) is 0 Å². The van der Waals surface area contributed by atoms with Crippen LogP contribution in [0.3, 0.4) is 0 Å². The van der Waals surface area contributed by atoms with Crippen LogP contribution in [0, 0.1) is 0 Å². The first-order valence-corrected chi connectivity index (χ1v) is 25.3. The van der Waals surface area contributed by atoms with Gasteiger partial charge in [0.05, 0.1) is 21.6 Å². The normalized spacial score (nSPS) is 18.9. The van der Waals surface area contributed by atoms with Crippen molar-refractivity contribution >= 4 is 75.8 Å². The molecule has 3 heterocycles. The van der Waals surface area contributed by atoms with Crippen molar-refractivity contribution in [3.63, 3.8) is 0 Å². The number of thiophene rings is 1. The summed E-state index contributed by atoms with van der Waals surface area (Å²) < 4.78 is 70.5. The molecule has 0 saturated carbocycles. The van der Waals surface area contributed by atoms with Gasteiger partial charge in [-0.25, -0.2) is 0 Å². The first-order chi connectivity index (χ1) is 28.9. The van der Waals surface area contributed by atoms with Crippen LogP contribution in [0.1, 0.15) is 90.2 Å². The third-order valence-corrected chi connectivity index (χ3v) is 16.0. The molecule has 1 aliphatic carbocycles. The number of aliphatic carboxylic acids is 1. The Balaban J connectivity index is 1.31. The van der Waals surface area contributed by atoms with Crippen molar-refractivity contribution in [3.05, 3.63) is 130 Å². The maximum atomic E-state index is 12.2. The number of hydrogen-bond donors (Lipinski definition) is 3. The van der Waals surface area contributed by atoms with Gasteiger partial charge in [-0.3, -0.25) is 13.9 Å². The fourth-order valence-corrected chi connectivity index (χ4v) is 12.5. The van der Waals surface area contributed by atoms with E-state index in [0.29, 0.717) is 18.4 Å². The second-order valence-corrected chi connectivity index (χ2v) is 22.0. The van der Waals surface area contributed by atoms with Crippen LogP contribution in [-0.2, 0) is 35.9 Å². The van der Waals surface area contributed by atoms with Crippen LogP contribution in [-0.4, -0.2) is 66.1 Å². The molecule has 10 nitrogen and oxygen atoms in total. The summed E-state index contributed by atoms with van der Waals surface area (Å²) in [4.78, 5) is 15.7. The number of hydrogen-bond acceptors (Lipinski definition) is 8. The zero-order valence-electron chi connectivity index (χ0n) is 34.9. The predicted octanol–water partition coefficient (Wildman–Crippen LogP) is 10.8. The highest BCUT2D eigenvalue weighted by Gasteiger charge is 2.47. The SMILES string of the molecule is CC1(C)C(/C=C/C2=C(Sc3ccccc3)C(=C/C=C3/N(CCCCCC(=O)O)c4ccccc4C3(C)C)/CCC2)=[N+](CCCS(=O)(=O)O)c2sc3ccc(S(=O)(=O)O)cc3c21. The smallest absolute Gasteiger partial charge is 0.303 e. The minimum Gasteiger partial charge on any atom is -0.481 e. The van der Waals surface area contributed by atoms with Crippen molar-refractivity contribution in [2.45, 2.75) is 99.7 Å². The van der Waals surface area contributed by atoms with Crippen LogP contribution in [0.2, 0.25) is 0 Å². The number of carboxylic acid groups (broad SMARTS) is 1. The number of carbonyl (C=O) groups is 1. The standard InChI is InChI=1S/C47H52N2O8S4/c1-46(2)37-19-10-11-20-38(37)48(28-12-6-9-21-42(50)51)40(46)26-22-32-15-13-16-33(44(32)58-34-17-7-5-8-18-34)23-27-41-47(3,4)43-36-31-35(61(55,56)57)24-25-39(36)59-45(43)49(41)29-14-30-60(52,53)54/h5,7-8,10-11,17-20,22-27,31H,6,9,12-16,21,28-30H2,1-4H3,(H2-,50,51,52,53,54,55,56,57)/p+1. The number of anilines is 1. The molecule has 3 aliphatic rings. The third kappa shape index (κ3) is 9.69. The molecule has 2 aliphatic heterocycles. The molecule has 0 saturated heterocycles. The molecule has 0 unspecified atom stereocenters. The van der Waals surface area contributed by atoms with Crippen LogP contribution in [0.4, 0.5) is 10.7 Å². The van der Waals surface area contributed by atoms with E-state index >= 15 is 0 Å². The quantitative estimate of drug-likeness (QED) is 0.0563. The Morgan fingerprint density at radius 2 is 1.61 bits per heavy atom. The summed E-state index contributed by atoms with van der Waals surface area (Å²) in [6, 6.07) is 23.4. The first kappa shape index (κ1) is 44.7. The Morgan fingerprint density at radius 3 is 2.33 bits per heavy atom. The second-order valence-electron chi connectivity index (χ2n) is 16.9. The summed E-state index contributed by atoms with van der Waals surface area (Å²) in [5.41, 5.74) is 6.98. The van der Waals surface area contributed by atoms with E-state index in [0.717, 1.165) is 64.5 Å². The Kier molecular flexibility index (Phi) is 13.1. The third-order valence-electron chi connectivity index (χ3n) is 11.9. The van der Waals surface area contributed by atoms with E-state index in [1.54, 1.807) is 17.8 Å². The zero-order valence-corrected chi connectivity index (χ0v) is 38.2. The highest BCUT2D eigenvalue weighted by molar-refractivity contribution is 8.03. The van der Waals surface area contributed by atoms with E-state index in [-0.39, 0.29) is 23.2 Å². The summed E-state index contributed by atoms with van der Waals surface area (Å²) in [5.74, 6) is -1.16. The monoisotopic (exact) mass is 901 g/mol. The number of fused-ring (bicyclic) bond motifs is 4. The number of carboxylic acids is 1. The summed E-state index contributed by atoms with van der Waals surface area (Å²) in [5, 5.41) is 10.8. The lowest BCUT2D eigenvalue weighted by molar-refractivity contribution is -0.433. The predicted molar refractivity (Wildman–Crippen MR) is 247 cm³/mol. The first-order valence-electron chi connectivity index (χ1n) is 20.7. The van der Waals surface area contributed by atoms with Gasteiger partial charge in [-0.1, -0.05) is 91.9 Å². The van der Waals surface area contributed by atoms with Gasteiger partial charge in [0.1, 0.15) is 0 Å². The lowest BCUT2D eigenvalue weighted by Crippen LogP contribution is -2.28. The van der Waals surface area contributed by atoms with Gasteiger partial charge < -0.3 is 10.0 Å². The van der Waals surface area contributed by atoms with Crippen molar-refractivity contribution in [2.24, 2.45) is 0 Å². The number of benzene rings is 3. The molecule has 7 rings (SSSR count). The van der Waals surface area contributed by atoms with E-state index < -0.39 is 37.4 Å². The molecule has 14 heteroatoms. The molecule has 3 aromatic carbocycles. The number of nitrogens with zero attached hydrogens (tertiary/aromatic N) is 2. The minimum atomic E-state index is -4.45. The fraction of sp³-hybridized carbons (Fsp3) is 0.362. The summed E-state index contributed by atoms with van der Waals surface area (Å²) in [7, 11) is -8.65.